The van der Waals surface area contributed by atoms with Gasteiger partial charge in [-0.15, -0.1) is 0 Å². The van der Waals surface area contributed by atoms with Crippen LogP contribution in [-0.2, 0) is 0 Å². The molecule has 0 amide bonds. The third-order valence-electron chi connectivity index (χ3n) is 3.26. The first-order valence-electron chi connectivity index (χ1n) is 3.66. The minimum absolute atomic E-state index is 0.151. The maximum absolute atomic E-state index is 6.02. The maximum Gasteiger partial charge on any atom is 0.0207 e. The van der Waals surface area contributed by atoms with Crippen molar-refractivity contribution >= 4 is 0 Å². The van der Waals surface area contributed by atoms with Crippen LogP contribution < -0.4 is 11.1 Å². The molecule has 0 radical (unpaired) electrons. The normalized spacial score (nSPS) is 46.0. The molecular formula is C7H14N2. The van der Waals surface area contributed by atoms with Crippen LogP contribution in [0.15, 0.2) is 0 Å². The van der Waals surface area contributed by atoms with E-state index in [0.29, 0.717) is 5.41 Å². The summed E-state index contributed by atoms with van der Waals surface area (Å²) < 4.78 is 0. The highest BCUT2D eigenvalue weighted by molar-refractivity contribution is 5.15. The van der Waals surface area contributed by atoms with Crippen LogP contribution in [0.4, 0.5) is 0 Å². The predicted molar refractivity (Wildman–Crippen MR) is 37.1 cm³/mol. The summed E-state index contributed by atoms with van der Waals surface area (Å²) in [7, 11) is 0. The van der Waals surface area contributed by atoms with Gasteiger partial charge in [0.2, 0.25) is 0 Å². The standard InChI is InChI=1S/C7H14N2/c1-6(8)2-3-7(6)4-9-5-7/h9H,2-5,8H2,1H3/t6-/m1/s1. The van der Waals surface area contributed by atoms with Gasteiger partial charge in [-0.1, -0.05) is 0 Å². The van der Waals surface area contributed by atoms with E-state index in [1.54, 1.807) is 0 Å². The summed E-state index contributed by atoms with van der Waals surface area (Å²) in [6, 6.07) is 0. The van der Waals surface area contributed by atoms with Gasteiger partial charge in [0.25, 0.3) is 0 Å². The second-order valence-electron chi connectivity index (χ2n) is 3.80. The Morgan fingerprint density at radius 1 is 1.33 bits per heavy atom. The molecule has 0 unspecified atom stereocenters. The average Bonchev–Trinajstić information content (AvgIpc) is 1.59. The first kappa shape index (κ1) is 5.69. The lowest BCUT2D eigenvalue weighted by molar-refractivity contribution is -0.0376. The fourth-order valence-electron chi connectivity index (χ4n) is 1.88. The van der Waals surface area contributed by atoms with Gasteiger partial charge in [-0.2, -0.15) is 0 Å². The summed E-state index contributed by atoms with van der Waals surface area (Å²) in [4.78, 5) is 0. The molecule has 2 rings (SSSR count). The Labute approximate surface area is 55.8 Å². The predicted octanol–water partition coefficient (Wildman–Crippen LogP) is 0.0872. The van der Waals surface area contributed by atoms with Crippen LogP contribution in [0.25, 0.3) is 0 Å². The van der Waals surface area contributed by atoms with E-state index in [1.807, 2.05) is 0 Å². The topological polar surface area (TPSA) is 38.0 Å². The van der Waals surface area contributed by atoms with Crippen molar-refractivity contribution < 1.29 is 0 Å². The van der Waals surface area contributed by atoms with Crippen LogP contribution >= 0.6 is 0 Å². The van der Waals surface area contributed by atoms with Crippen molar-refractivity contribution in [2.75, 3.05) is 13.1 Å². The Morgan fingerprint density at radius 3 is 2.00 bits per heavy atom. The molecule has 1 heterocycles. The van der Waals surface area contributed by atoms with Crippen molar-refractivity contribution in [3.63, 3.8) is 0 Å². The molecular weight excluding hydrogens is 112 g/mol. The van der Waals surface area contributed by atoms with Crippen molar-refractivity contribution in [1.29, 1.82) is 0 Å². The summed E-state index contributed by atoms with van der Waals surface area (Å²) in [6.07, 6.45) is 2.56. The molecule has 1 saturated carbocycles. The maximum atomic E-state index is 6.02. The van der Waals surface area contributed by atoms with Gasteiger partial charge in [-0.3, -0.25) is 0 Å². The summed E-state index contributed by atoms with van der Waals surface area (Å²) in [5.41, 5.74) is 6.68. The molecule has 2 nitrogen and oxygen atoms in total. The molecule has 0 aromatic heterocycles. The monoisotopic (exact) mass is 126 g/mol. The molecule has 3 N–H and O–H groups in total. The van der Waals surface area contributed by atoms with Gasteiger partial charge < -0.3 is 11.1 Å². The number of nitrogens with two attached hydrogens (primary N) is 1. The number of hydrogen-bond donors (Lipinski definition) is 2. The van der Waals surface area contributed by atoms with Gasteiger partial charge in [0.05, 0.1) is 0 Å². The zero-order valence-corrected chi connectivity index (χ0v) is 5.91. The molecule has 2 aliphatic rings. The van der Waals surface area contributed by atoms with Gasteiger partial charge >= 0.3 is 0 Å². The molecule has 1 spiro atoms. The molecule has 1 aliphatic heterocycles. The molecule has 52 valence electrons. The van der Waals surface area contributed by atoms with Crippen molar-refractivity contribution in [1.82, 2.24) is 5.32 Å². The lowest BCUT2D eigenvalue weighted by atomic mass is 9.52. The van der Waals surface area contributed by atoms with Crippen molar-refractivity contribution in [3.05, 3.63) is 0 Å². The lowest BCUT2D eigenvalue weighted by Gasteiger charge is -2.61. The Bertz CT molecular complexity index is 130. The van der Waals surface area contributed by atoms with Gasteiger partial charge in [0, 0.05) is 24.0 Å². The van der Waals surface area contributed by atoms with E-state index in [-0.39, 0.29) is 5.54 Å². The third kappa shape index (κ3) is 0.485. The van der Waals surface area contributed by atoms with E-state index in [2.05, 4.69) is 12.2 Å². The van der Waals surface area contributed by atoms with Gasteiger partial charge in [-0.05, 0) is 19.8 Å². The van der Waals surface area contributed by atoms with Gasteiger partial charge in [0.1, 0.15) is 0 Å². The Hall–Kier alpha value is -0.0800. The van der Waals surface area contributed by atoms with E-state index < -0.39 is 0 Å². The molecule has 2 fully saturated rings. The van der Waals surface area contributed by atoms with Gasteiger partial charge in [-0.25, -0.2) is 0 Å². The van der Waals surface area contributed by atoms with Crippen LogP contribution in [-0.4, -0.2) is 18.6 Å². The molecule has 9 heavy (non-hydrogen) atoms. The Kier molecular flexibility index (Phi) is 0.837. The number of nitrogens with one attached hydrogen (secondary N) is 1. The summed E-state index contributed by atoms with van der Waals surface area (Å²) in [6.45, 7) is 4.48. The van der Waals surface area contributed by atoms with Crippen LogP contribution in [0.1, 0.15) is 19.8 Å². The van der Waals surface area contributed by atoms with E-state index in [4.69, 9.17) is 5.73 Å². The van der Waals surface area contributed by atoms with Crippen LogP contribution in [0, 0.1) is 5.41 Å². The van der Waals surface area contributed by atoms with Crippen molar-refractivity contribution in [2.45, 2.75) is 25.3 Å². The fraction of sp³-hybridized carbons (Fsp3) is 1.00. The summed E-state index contributed by atoms with van der Waals surface area (Å²) in [5, 5.41) is 3.28. The Morgan fingerprint density at radius 2 is 2.00 bits per heavy atom. The van der Waals surface area contributed by atoms with E-state index in [1.165, 1.54) is 12.8 Å². The molecule has 1 aliphatic carbocycles. The van der Waals surface area contributed by atoms with Crippen LogP contribution in [0.3, 0.4) is 0 Å². The smallest absolute Gasteiger partial charge is 0.0207 e. The molecule has 0 aromatic rings. The SMILES string of the molecule is C[C@@]1(N)CCC12CNC2. The van der Waals surface area contributed by atoms with E-state index in [9.17, 15) is 0 Å². The van der Waals surface area contributed by atoms with E-state index in [0.717, 1.165) is 13.1 Å². The quantitative estimate of drug-likeness (QED) is 0.482. The van der Waals surface area contributed by atoms with Crippen molar-refractivity contribution in [2.24, 2.45) is 11.1 Å². The number of hydrogen-bond acceptors (Lipinski definition) is 2. The first-order valence-corrected chi connectivity index (χ1v) is 3.66. The fourth-order valence-corrected chi connectivity index (χ4v) is 1.88. The Balaban J connectivity index is 2.13. The lowest BCUT2D eigenvalue weighted by Crippen LogP contribution is -2.74. The molecule has 1 atom stereocenters. The highest BCUT2D eigenvalue weighted by Gasteiger charge is 2.56. The molecule has 0 aromatic carbocycles. The second kappa shape index (κ2) is 1.32. The largest absolute Gasteiger partial charge is 0.325 e. The van der Waals surface area contributed by atoms with E-state index >= 15 is 0 Å². The first-order chi connectivity index (χ1) is 4.16. The van der Waals surface area contributed by atoms with Crippen LogP contribution in [0.2, 0.25) is 0 Å². The highest BCUT2D eigenvalue weighted by atomic mass is 15.1. The molecule has 2 heteroatoms. The highest BCUT2D eigenvalue weighted by Crippen LogP contribution is 2.50. The van der Waals surface area contributed by atoms with Gasteiger partial charge in [0.15, 0.2) is 0 Å². The minimum atomic E-state index is 0.151. The minimum Gasteiger partial charge on any atom is -0.325 e. The van der Waals surface area contributed by atoms with Crippen LogP contribution in [0.5, 0.6) is 0 Å². The number of rotatable bonds is 0. The van der Waals surface area contributed by atoms with Crippen molar-refractivity contribution in [3.8, 4) is 0 Å². The second-order valence-corrected chi connectivity index (χ2v) is 3.80. The zero-order valence-electron chi connectivity index (χ0n) is 5.91. The summed E-state index contributed by atoms with van der Waals surface area (Å²) >= 11 is 0. The average molecular weight is 126 g/mol. The molecule has 1 saturated heterocycles. The molecule has 0 bridgehead atoms. The zero-order chi connectivity index (χ0) is 6.54. The third-order valence-corrected chi connectivity index (χ3v) is 3.26. The summed E-state index contributed by atoms with van der Waals surface area (Å²) in [5.74, 6) is 0.